The van der Waals surface area contributed by atoms with Crippen LogP contribution in [0.1, 0.15) is 5.56 Å². The number of esters is 1. The number of halogens is 1. The van der Waals surface area contributed by atoms with E-state index in [1.807, 2.05) is 24.3 Å². The fourth-order valence-corrected chi connectivity index (χ4v) is 5.19. The molecule has 190 valence electrons. The summed E-state index contributed by atoms with van der Waals surface area (Å²) in [7, 11) is 4.50. The highest BCUT2D eigenvalue weighted by molar-refractivity contribution is 9.10. The Balaban J connectivity index is 1.52. The lowest BCUT2D eigenvalue weighted by Crippen LogP contribution is -2.36. The van der Waals surface area contributed by atoms with Crippen LogP contribution in [-0.2, 0) is 19.1 Å². The normalized spacial score (nSPS) is 18.2. The van der Waals surface area contributed by atoms with Crippen LogP contribution in [0.5, 0.6) is 11.5 Å². The minimum absolute atomic E-state index is 0.148. The van der Waals surface area contributed by atoms with Crippen molar-refractivity contribution in [1.29, 1.82) is 0 Å². The molecule has 2 aliphatic rings. The Hall–Kier alpha value is -3.02. The van der Waals surface area contributed by atoms with Crippen LogP contribution in [0.2, 0.25) is 0 Å². The Bertz CT molecular complexity index is 1200. The maximum Gasteiger partial charge on any atom is 0.343 e. The summed E-state index contributed by atoms with van der Waals surface area (Å²) in [6, 6.07) is 11.5. The number of thioether (sulfide) groups is 1. The van der Waals surface area contributed by atoms with E-state index in [1.54, 1.807) is 25.3 Å². The van der Waals surface area contributed by atoms with Crippen molar-refractivity contribution in [2.24, 2.45) is 4.99 Å². The molecule has 0 spiro atoms. The number of likely N-dealkylation sites (N-methyl/N-ethyl adjacent to an activating group) is 1. The zero-order chi connectivity index (χ0) is 25.7. The number of amidine groups is 1. The fraction of sp³-hybridized carbons (Fsp3) is 0.320. The van der Waals surface area contributed by atoms with Crippen LogP contribution in [0.4, 0.5) is 11.4 Å². The van der Waals surface area contributed by atoms with Gasteiger partial charge in [-0.15, -0.1) is 0 Å². The number of hydrogen-bond donors (Lipinski definition) is 0. The summed E-state index contributed by atoms with van der Waals surface area (Å²) in [6.07, 6.45) is 1.77. The van der Waals surface area contributed by atoms with E-state index in [9.17, 15) is 9.59 Å². The Labute approximate surface area is 222 Å². The summed E-state index contributed by atoms with van der Waals surface area (Å²) in [5.41, 5.74) is 2.63. The monoisotopic (exact) mass is 575 g/mol. The number of amides is 1. The number of carbonyl (C=O) groups excluding carboxylic acids is 2. The molecule has 0 atom stereocenters. The van der Waals surface area contributed by atoms with Gasteiger partial charge >= 0.3 is 5.97 Å². The SMILES string of the molecule is COC(=O)COc1c(Br)cc(/C=C2\SC(=Nc3ccc(N4CCOCC4)cc3)N(C)C2=O)cc1OC. The van der Waals surface area contributed by atoms with Crippen molar-refractivity contribution in [2.75, 3.05) is 59.1 Å². The quantitative estimate of drug-likeness (QED) is 0.360. The number of hydrogen-bond acceptors (Lipinski definition) is 9. The second-order valence-corrected chi connectivity index (χ2v) is 9.75. The molecule has 0 aromatic heterocycles. The third kappa shape index (κ3) is 6.03. The minimum Gasteiger partial charge on any atom is -0.493 e. The summed E-state index contributed by atoms with van der Waals surface area (Å²) in [4.78, 5) is 33.4. The third-order valence-corrected chi connectivity index (χ3v) is 7.21. The largest absolute Gasteiger partial charge is 0.493 e. The molecule has 2 fully saturated rings. The number of carbonyl (C=O) groups is 2. The first-order valence-electron chi connectivity index (χ1n) is 11.2. The average Bonchev–Trinajstić information content (AvgIpc) is 3.16. The van der Waals surface area contributed by atoms with E-state index in [0.717, 1.165) is 43.2 Å². The van der Waals surface area contributed by atoms with Gasteiger partial charge in [0.2, 0.25) is 0 Å². The number of ether oxygens (including phenoxy) is 4. The number of nitrogens with zero attached hydrogens (tertiary/aromatic N) is 3. The lowest BCUT2D eigenvalue weighted by atomic mass is 10.2. The summed E-state index contributed by atoms with van der Waals surface area (Å²) in [5, 5.41) is 0.592. The molecule has 0 radical (unpaired) electrons. The Kier molecular flexibility index (Phi) is 8.55. The number of methoxy groups -OCH3 is 2. The molecule has 2 aliphatic heterocycles. The first-order chi connectivity index (χ1) is 17.4. The van der Waals surface area contributed by atoms with Gasteiger partial charge in [0, 0.05) is 25.8 Å². The van der Waals surface area contributed by atoms with Crippen LogP contribution in [0.25, 0.3) is 6.08 Å². The molecular formula is C25H26BrN3O6S. The van der Waals surface area contributed by atoms with Gasteiger partial charge in [0.25, 0.3) is 5.91 Å². The van der Waals surface area contributed by atoms with E-state index in [1.165, 1.54) is 30.9 Å². The molecule has 36 heavy (non-hydrogen) atoms. The summed E-state index contributed by atoms with van der Waals surface area (Å²) in [6.45, 7) is 2.95. The number of aliphatic imine (C=N–C) groups is 1. The van der Waals surface area contributed by atoms with E-state index < -0.39 is 5.97 Å². The number of morpholine rings is 1. The topological polar surface area (TPSA) is 89.9 Å². The smallest absolute Gasteiger partial charge is 0.343 e. The van der Waals surface area contributed by atoms with Crippen LogP contribution >= 0.6 is 27.7 Å². The standard InChI is InChI=1S/C25H26BrN3O6S/c1-28-24(31)21(14-16-12-19(26)23(20(13-16)32-2)35-15-22(30)33-3)36-25(28)27-17-4-6-18(7-5-17)29-8-10-34-11-9-29/h4-7,12-14H,8-11,15H2,1-3H3/b21-14-,27-25?. The van der Waals surface area contributed by atoms with Crippen molar-refractivity contribution in [3.8, 4) is 11.5 Å². The van der Waals surface area contributed by atoms with Crippen LogP contribution in [0.3, 0.4) is 0 Å². The predicted molar refractivity (Wildman–Crippen MR) is 143 cm³/mol. The van der Waals surface area contributed by atoms with Gasteiger partial charge in [-0.2, -0.15) is 0 Å². The number of anilines is 1. The minimum atomic E-state index is -0.506. The van der Waals surface area contributed by atoms with Crippen LogP contribution < -0.4 is 14.4 Å². The summed E-state index contributed by atoms with van der Waals surface area (Å²) < 4.78 is 21.6. The van der Waals surface area contributed by atoms with Gasteiger partial charge in [0.15, 0.2) is 23.3 Å². The molecule has 4 rings (SSSR count). The van der Waals surface area contributed by atoms with Crippen molar-refractivity contribution in [2.45, 2.75) is 0 Å². The first-order valence-corrected chi connectivity index (χ1v) is 12.8. The third-order valence-electron chi connectivity index (χ3n) is 5.57. The Morgan fingerprint density at radius 2 is 1.92 bits per heavy atom. The Morgan fingerprint density at radius 1 is 1.19 bits per heavy atom. The lowest BCUT2D eigenvalue weighted by molar-refractivity contribution is -0.143. The summed E-state index contributed by atoms with van der Waals surface area (Å²) in [5.74, 6) is 0.131. The van der Waals surface area contributed by atoms with E-state index in [2.05, 4.69) is 30.6 Å². The van der Waals surface area contributed by atoms with Gasteiger partial charge in [0.05, 0.1) is 42.5 Å². The molecule has 0 N–H and O–H groups in total. The molecule has 0 aliphatic carbocycles. The van der Waals surface area contributed by atoms with Crippen molar-refractivity contribution in [1.82, 2.24) is 4.90 Å². The Morgan fingerprint density at radius 3 is 2.58 bits per heavy atom. The zero-order valence-electron chi connectivity index (χ0n) is 20.2. The van der Waals surface area contributed by atoms with E-state index in [4.69, 9.17) is 14.2 Å². The number of benzene rings is 2. The molecule has 1 amide bonds. The highest BCUT2D eigenvalue weighted by Gasteiger charge is 2.30. The second kappa shape index (κ2) is 11.8. The highest BCUT2D eigenvalue weighted by Crippen LogP contribution is 2.39. The molecule has 0 bridgehead atoms. The number of rotatable bonds is 7. The average molecular weight is 576 g/mol. The van der Waals surface area contributed by atoms with Gasteiger partial charge in [-0.25, -0.2) is 9.79 Å². The van der Waals surface area contributed by atoms with Gasteiger partial charge in [-0.05, 0) is 75.7 Å². The highest BCUT2D eigenvalue weighted by atomic mass is 79.9. The maximum absolute atomic E-state index is 12.9. The van der Waals surface area contributed by atoms with Crippen LogP contribution in [0, 0.1) is 0 Å². The van der Waals surface area contributed by atoms with Crippen molar-refractivity contribution in [3.63, 3.8) is 0 Å². The first kappa shape index (κ1) is 26.1. The maximum atomic E-state index is 12.9. The molecular weight excluding hydrogens is 550 g/mol. The van der Waals surface area contributed by atoms with Gasteiger partial charge < -0.3 is 23.8 Å². The van der Waals surface area contributed by atoms with Crippen LogP contribution in [-0.4, -0.2) is 76.1 Å². The van der Waals surface area contributed by atoms with Gasteiger partial charge in [-0.3, -0.25) is 9.69 Å². The van der Waals surface area contributed by atoms with Crippen molar-refractivity contribution in [3.05, 3.63) is 51.3 Å². The van der Waals surface area contributed by atoms with Crippen molar-refractivity contribution < 1.29 is 28.5 Å². The van der Waals surface area contributed by atoms with E-state index >= 15 is 0 Å². The van der Waals surface area contributed by atoms with E-state index in [-0.39, 0.29) is 12.5 Å². The predicted octanol–water partition coefficient (Wildman–Crippen LogP) is 4.08. The molecule has 2 heterocycles. The molecule has 0 saturated carbocycles. The molecule has 9 nitrogen and oxygen atoms in total. The second-order valence-electron chi connectivity index (χ2n) is 7.88. The molecule has 2 saturated heterocycles. The summed E-state index contributed by atoms with van der Waals surface area (Å²) >= 11 is 4.76. The lowest BCUT2D eigenvalue weighted by Gasteiger charge is -2.28. The zero-order valence-corrected chi connectivity index (χ0v) is 22.6. The van der Waals surface area contributed by atoms with Gasteiger partial charge in [0.1, 0.15) is 0 Å². The van der Waals surface area contributed by atoms with Gasteiger partial charge in [-0.1, -0.05) is 0 Å². The molecule has 0 unspecified atom stereocenters. The van der Waals surface area contributed by atoms with Crippen LogP contribution in [0.15, 0.2) is 50.8 Å². The fourth-order valence-electron chi connectivity index (χ4n) is 3.63. The van der Waals surface area contributed by atoms with E-state index in [0.29, 0.717) is 26.0 Å². The molecule has 2 aromatic carbocycles. The molecule has 11 heteroatoms. The molecule has 2 aromatic rings. The van der Waals surface area contributed by atoms with Crippen molar-refractivity contribution >= 4 is 62.2 Å².